The predicted octanol–water partition coefficient (Wildman–Crippen LogP) is 2.83. The molecule has 2 nitrogen and oxygen atoms in total. The fourth-order valence-electron chi connectivity index (χ4n) is 2.05. The fourth-order valence-corrected chi connectivity index (χ4v) is 2.05. The number of hydrogen-bond donors (Lipinski definition) is 1. The van der Waals surface area contributed by atoms with E-state index in [0.717, 1.165) is 13.2 Å². The first-order chi connectivity index (χ1) is 6.45. The molecule has 0 rings (SSSR count). The van der Waals surface area contributed by atoms with Crippen LogP contribution in [0, 0.1) is 5.92 Å². The molecule has 0 amide bonds. The quantitative estimate of drug-likeness (QED) is 0.684. The number of rotatable bonds is 7. The maximum absolute atomic E-state index is 5.79. The minimum atomic E-state index is -0.0713. The van der Waals surface area contributed by atoms with Crippen LogP contribution < -0.4 is 5.32 Å². The third-order valence-electron chi connectivity index (χ3n) is 2.55. The van der Waals surface area contributed by atoms with Crippen LogP contribution in [-0.4, -0.2) is 24.8 Å². The Labute approximate surface area is 89.4 Å². The van der Waals surface area contributed by atoms with E-state index in [0.29, 0.717) is 12.0 Å². The van der Waals surface area contributed by atoms with Crippen LogP contribution in [0.1, 0.15) is 48.0 Å². The lowest BCUT2D eigenvalue weighted by Crippen LogP contribution is -2.52. The first-order valence-corrected chi connectivity index (χ1v) is 5.83. The third-order valence-corrected chi connectivity index (χ3v) is 2.55. The van der Waals surface area contributed by atoms with Crippen molar-refractivity contribution in [1.29, 1.82) is 0 Å². The molecule has 0 saturated carbocycles. The lowest BCUT2D eigenvalue weighted by Gasteiger charge is -2.37. The first kappa shape index (κ1) is 13.9. The summed E-state index contributed by atoms with van der Waals surface area (Å²) in [7, 11) is 0. The highest BCUT2D eigenvalue weighted by molar-refractivity contribution is 4.87. The van der Waals surface area contributed by atoms with Gasteiger partial charge in [-0.1, -0.05) is 20.8 Å². The third kappa shape index (κ3) is 4.43. The summed E-state index contributed by atoms with van der Waals surface area (Å²) in [6, 6.07) is 0.433. The molecule has 1 unspecified atom stereocenters. The van der Waals surface area contributed by atoms with E-state index in [9.17, 15) is 0 Å². The molecule has 0 radical (unpaired) electrons. The topological polar surface area (TPSA) is 21.3 Å². The molecule has 0 aromatic rings. The second-order valence-corrected chi connectivity index (χ2v) is 4.71. The van der Waals surface area contributed by atoms with Gasteiger partial charge in [0.1, 0.15) is 0 Å². The van der Waals surface area contributed by atoms with Crippen LogP contribution in [0.25, 0.3) is 0 Å². The predicted molar refractivity (Wildman–Crippen MR) is 62.6 cm³/mol. The summed E-state index contributed by atoms with van der Waals surface area (Å²) in [6.45, 7) is 14.9. The molecule has 0 bridgehead atoms. The zero-order chi connectivity index (χ0) is 11.2. The molecule has 0 aromatic heterocycles. The lowest BCUT2D eigenvalue weighted by molar-refractivity contribution is -0.0492. The minimum Gasteiger partial charge on any atom is -0.374 e. The van der Waals surface area contributed by atoms with E-state index < -0.39 is 0 Å². The van der Waals surface area contributed by atoms with Crippen molar-refractivity contribution in [2.75, 3.05) is 13.2 Å². The molecule has 0 aliphatic heterocycles. The lowest BCUT2D eigenvalue weighted by atomic mass is 9.89. The summed E-state index contributed by atoms with van der Waals surface area (Å²) < 4.78 is 5.79. The average Bonchev–Trinajstić information content (AvgIpc) is 2.03. The van der Waals surface area contributed by atoms with Gasteiger partial charge in [0.2, 0.25) is 0 Å². The van der Waals surface area contributed by atoms with E-state index in [-0.39, 0.29) is 5.60 Å². The molecule has 0 aliphatic carbocycles. The van der Waals surface area contributed by atoms with Gasteiger partial charge in [0.05, 0.1) is 5.60 Å². The summed E-state index contributed by atoms with van der Waals surface area (Å²) in [4.78, 5) is 0. The van der Waals surface area contributed by atoms with Crippen molar-refractivity contribution in [1.82, 2.24) is 5.32 Å². The van der Waals surface area contributed by atoms with Crippen molar-refractivity contribution in [3.63, 3.8) is 0 Å². The Morgan fingerprint density at radius 2 is 1.79 bits per heavy atom. The number of hydrogen-bond acceptors (Lipinski definition) is 2. The molecule has 0 saturated heterocycles. The van der Waals surface area contributed by atoms with Crippen LogP contribution in [-0.2, 0) is 4.74 Å². The molecular weight excluding hydrogens is 174 g/mol. The summed E-state index contributed by atoms with van der Waals surface area (Å²) >= 11 is 0. The average molecular weight is 201 g/mol. The van der Waals surface area contributed by atoms with Crippen LogP contribution in [0.2, 0.25) is 0 Å². The molecule has 14 heavy (non-hydrogen) atoms. The standard InChI is InChI=1S/C12H27NO/c1-7-9-13-11(10(3)4)12(5,6)14-8-2/h10-11,13H,7-9H2,1-6H3. The Balaban J connectivity index is 4.30. The molecular formula is C12H27NO. The van der Waals surface area contributed by atoms with Gasteiger partial charge < -0.3 is 10.1 Å². The largest absolute Gasteiger partial charge is 0.374 e. The summed E-state index contributed by atoms with van der Waals surface area (Å²) in [5.74, 6) is 0.600. The van der Waals surface area contributed by atoms with Gasteiger partial charge in [-0.05, 0) is 39.7 Å². The molecule has 0 heterocycles. The van der Waals surface area contributed by atoms with Gasteiger partial charge >= 0.3 is 0 Å². The maximum atomic E-state index is 5.79. The maximum Gasteiger partial charge on any atom is 0.0781 e. The smallest absolute Gasteiger partial charge is 0.0781 e. The Morgan fingerprint density at radius 3 is 2.14 bits per heavy atom. The molecule has 0 aromatic carbocycles. The number of nitrogens with one attached hydrogen (secondary N) is 1. The van der Waals surface area contributed by atoms with Crippen molar-refractivity contribution >= 4 is 0 Å². The van der Waals surface area contributed by atoms with Gasteiger partial charge in [0.25, 0.3) is 0 Å². The minimum absolute atomic E-state index is 0.0713. The Hall–Kier alpha value is -0.0800. The van der Waals surface area contributed by atoms with Crippen molar-refractivity contribution in [2.45, 2.75) is 59.6 Å². The van der Waals surface area contributed by atoms with E-state index in [1.54, 1.807) is 0 Å². The van der Waals surface area contributed by atoms with Gasteiger partial charge in [-0.2, -0.15) is 0 Å². The first-order valence-electron chi connectivity index (χ1n) is 5.83. The van der Waals surface area contributed by atoms with Crippen molar-refractivity contribution in [3.8, 4) is 0 Å². The van der Waals surface area contributed by atoms with Gasteiger partial charge in [0.15, 0.2) is 0 Å². The molecule has 1 N–H and O–H groups in total. The molecule has 2 heteroatoms. The highest BCUT2D eigenvalue weighted by Crippen LogP contribution is 2.21. The van der Waals surface area contributed by atoms with Gasteiger partial charge in [-0.3, -0.25) is 0 Å². The molecule has 86 valence electrons. The zero-order valence-electron chi connectivity index (χ0n) is 10.7. The summed E-state index contributed by atoms with van der Waals surface area (Å²) in [5.41, 5.74) is -0.0713. The van der Waals surface area contributed by atoms with E-state index in [1.165, 1.54) is 6.42 Å². The van der Waals surface area contributed by atoms with Crippen LogP contribution >= 0.6 is 0 Å². The second-order valence-electron chi connectivity index (χ2n) is 4.71. The fraction of sp³-hybridized carbons (Fsp3) is 1.00. The van der Waals surface area contributed by atoms with Crippen LogP contribution in [0.4, 0.5) is 0 Å². The monoisotopic (exact) mass is 201 g/mol. The van der Waals surface area contributed by atoms with Gasteiger partial charge in [-0.25, -0.2) is 0 Å². The second kappa shape index (κ2) is 6.41. The molecule has 0 fully saturated rings. The van der Waals surface area contributed by atoms with Crippen molar-refractivity contribution < 1.29 is 4.74 Å². The van der Waals surface area contributed by atoms with E-state index in [2.05, 4.69) is 46.9 Å². The van der Waals surface area contributed by atoms with E-state index in [1.807, 2.05) is 0 Å². The SMILES string of the molecule is CCCNC(C(C)C)C(C)(C)OCC. The van der Waals surface area contributed by atoms with Crippen LogP contribution in [0.3, 0.4) is 0 Å². The van der Waals surface area contributed by atoms with E-state index in [4.69, 9.17) is 4.74 Å². The van der Waals surface area contributed by atoms with Gasteiger partial charge in [0, 0.05) is 12.6 Å². The van der Waals surface area contributed by atoms with Crippen LogP contribution in [0.5, 0.6) is 0 Å². The molecule has 1 atom stereocenters. The summed E-state index contributed by atoms with van der Waals surface area (Å²) in [5, 5.41) is 3.57. The molecule has 0 spiro atoms. The van der Waals surface area contributed by atoms with Crippen LogP contribution in [0.15, 0.2) is 0 Å². The van der Waals surface area contributed by atoms with E-state index >= 15 is 0 Å². The Morgan fingerprint density at radius 1 is 1.21 bits per heavy atom. The summed E-state index contributed by atoms with van der Waals surface area (Å²) in [6.07, 6.45) is 1.17. The highest BCUT2D eigenvalue weighted by atomic mass is 16.5. The normalized spacial score (nSPS) is 14.8. The Bertz CT molecular complexity index is 143. The Kier molecular flexibility index (Phi) is 6.38. The highest BCUT2D eigenvalue weighted by Gasteiger charge is 2.31. The van der Waals surface area contributed by atoms with Gasteiger partial charge in [-0.15, -0.1) is 0 Å². The molecule has 0 aliphatic rings. The number of ether oxygens (including phenoxy) is 1. The zero-order valence-corrected chi connectivity index (χ0v) is 10.7. The van der Waals surface area contributed by atoms with Crippen molar-refractivity contribution in [3.05, 3.63) is 0 Å². The van der Waals surface area contributed by atoms with Crippen molar-refractivity contribution in [2.24, 2.45) is 5.92 Å².